The lowest BCUT2D eigenvalue weighted by Crippen LogP contribution is -2.43. The second kappa shape index (κ2) is 8.96. The number of aromatic nitrogens is 1. The Morgan fingerprint density at radius 2 is 2.00 bits per heavy atom. The number of nitrogens with one attached hydrogen (secondary N) is 1. The lowest BCUT2D eigenvalue weighted by Gasteiger charge is -2.34. The van der Waals surface area contributed by atoms with Gasteiger partial charge in [-0.1, -0.05) is 36.4 Å². The molecule has 4 rings (SSSR count). The topological polar surface area (TPSA) is 54.5 Å². The molecule has 5 nitrogen and oxygen atoms in total. The quantitative estimate of drug-likeness (QED) is 0.664. The van der Waals surface area contributed by atoms with Crippen molar-refractivity contribution in [2.24, 2.45) is 0 Å². The molecule has 0 radical (unpaired) electrons. The molecule has 1 fully saturated rings. The minimum Gasteiger partial charge on any atom is -0.379 e. The Hall–Kier alpha value is -2.06. The largest absolute Gasteiger partial charge is 0.379 e. The number of nitrogens with zero attached hydrogens (tertiary/aromatic N) is 2. The number of thiophene rings is 1. The summed E-state index contributed by atoms with van der Waals surface area (Å²) in [5, 5.41) is 6.11. The third-order valence-corrected chi connectivity index (χ3v) is 7.02. The van der Waals surface area contributed by atoms with Gasteiger partial charge in [-0.15, -0.1) is 22.7 Å². The van der Waals surface area contributed by atoms with Crippen molar-refractivity contribution in [3.8, 4) is 10.6 Å². The summed E-state index contributed by atoms with van der Waals surface area (Å²) < 4.78 is 5.49. The summed E-state index contributed by atoms with van der Waals surface area (Å²) in [6, 6.07) is 14.4. The van der Waals surface area contributed by atoms with Crippen LogP contribution in [0.2, 0.25) is 0 Å². The average molecular weight is 414 g/mol. The van der Waals surface area contributed by atoms with Crippen LogP contribution >= 0.6 is 22.7 Å². The molecule has 0 unspecified atom stereocenters. The first-order valence-electron chi connectivity index (χ1n) is 9.38. The fraction of sp³-hybridized carbons (Fsp3) is 0.333. The number of thiazole rings is 1. The van der Waals surface area contributed by atoms with Gasteiger partial charge in [-0.05, 0) is 18.4 Å². The number of benzene rings is 1. The molecule has 1 N–H and O–H groups in total. The molecule has 1 saturated heterocycles. The van der Waals surface area contributed by atoms with Gasteiger partial charge in [0.1, 0.15) is 9.88 Å². The van der Waals surface area contributed by atoms with E-state index in [-0.39, 0.29) is 11.9 Å². The van der Waals surface area contributed by atoms with Gasteiger partial charge < -0.3 is 10.1 Å². The van der Waals surface area contributed by atoms with Gasteiger partial charge in [0.2, 0.25) is 0 Å². The fourth-order valence-electron chi connectivity index (χ4n) is 3.36. The molecular weight excluding hydrogens is 390 g/mol. The number of amides is 1. The number of ether oxygens (including phenoxy) is 1. The summed E-state index contributed by atoms with van der Waals surface area (Å²) in [4.78, 5) is 21.8. The van der Waals surface area contributed by atoms with Crippen LogP contribution < -0.4 is 5.32 Å². The van der Waals surface area contributed by atoms with Crippen LogP contribution in [-0.4, -0.2) is 48.6 Å². The van der Waals surface area contributed by atoms with Crippen molar-refractivity contribution in [3.05, 3.63) is 63.3 Å². The van der Waals surface area contributed by atoms with Crippen molar-refractivity contribution in [1.82, 2.24) is 15.2 Å². The zero-order valence-corrected chi connectivity index (χ0v) is 17.4. The smallest absolute Gasteiger partial charge is 0.263 e. The molecule has 3 heterocycles. The average Bonchev–Trinajstić information content (AvgIpc) is 3.40. The number of hydrogen-bond donors (Lipinski definition) is 1. The van der Waals surface area contributed by atoms with Gasteiger partial charge in [0.05, 0.1) is 24.9 Å². The number of carbonyl (C=O) groups is 1. The molecule has 7 heteroatoms. The molecule has 1 atom stereocenters. The van der Waals surface area contributed by atoms with Gasteiger partial charge in [-0.25, -0.2) is 4.98 Å². The number of morpholine rings is 1. The maximum absolute atomic E-state index is 12.9. The highest BCUT2D eigenvalue weighted by atomic mass is 32.1. The van der Waals surface area contributed by atoms with Gasteiger partial charge in [-0.3, -0.25) is 9.69 Å². The summed E-state index contributed by atoms with van der Waals surface area (Å²) in [5.41, 5.74) is 1.82. The number of carbonyl (C=O) groups excluding carboxylic acids is 1. The normalized spacial score (nSPS) is 16.0. The molecule has 1 amide bonds. The minimum absolute atomic E-state index is 0.0491. The van der Waals surface area contributed by atoms with E-state index in [2.05, 4.69) is 32.7 Å². The maximum atomic E-state index is 12.9. The second-order valence-corrected chi connectivity index (χ2v) is 8.67. The van der Waals surface area contributed by atoms with Crippen molar-refractivity contribution < 1.29 is 9.53 Å². The van der Waals surface area contributed by atoms with Crippen LogP contribution in [0, 0.1) is 6.92 Å². The van der Waals surface area contributed by atoms with Crippen molar-refractivity contribution in [2.45, 2.75) is 13.0 Å². The Morgan fingerprint density at radius 3 is 2.71 bits per heavy atom. The van der Waals surface area contributed by atoms with Crippen molar-refractivity contribution >= 4 is 28.6 Å². The second-order valence-electron chi connectivity index (χ2n) is 6.69. The molecule has 1 aromatic carbocycles. The van der Waals surface area contributed by atoms with Crippen molar-refractivity contribution in [3.63, 3.8) is 0 Å². The van der Waals surface area contributed by atoms with E-state index >= 15 is 0 Å². The van der Waals surface area contributed by atoms with Crippen molar-refractivity contribution in [2.75, 3.05) is 32.8 Å². The highest BCUT2D eigenvalue weighted by Gasteiger charge is 2.25. The Labute approximate surface area is 173 Å². The van der Waals surface area contributed by atoms with Gasteiger partial charge in [0, 0.05) is 30.1 Å². The molecular formula is C21H23N3O2S2. The Morgan fingerprint density at radius 1 is 1.21 bits per heavy atom. The number of rotatable bonds is 6. The molecule has 0 spiro atoms. The SMILES string of the molecule is Cc1nc(-c2ccccc2)sc1C(=O)NC[C@@H](c1cccs1)N1CCOCC1. The van der Waals surface area contributed by atoms with E-state index in [1.54, 1.807) is 11.3 Å². The van der Waals surface area contributed by atoms with E-state index in [0.717, 1.165) is 42.6 Å². The Kier molecular flexibility index (Phi) is 6.17. The lowest BCUT2D eigenvalue weighted by atomic mass is 10.2. The first-order chi connectivity index (χ1) is 13.7. The van der Waals surface area contributed by atoms with Crippen LogP contribution in [0.15, 0.2) is 47.8 Å². The van der Waals surface area contributed by atoms with E-state index in [1.807, 2.05) is 37.3 Å². The summed E-state index contributed by atoms with van der Waals surface area (Å²) in [6.45, 7) is 5.73. The Bertz CT molecular complexity index is 903. The van der Waals surface area contributed by atoms with Gasteiger partial charge >= 0.3 is 0 Å². The van der Waals surface area contributed by atoms with E-state index in [0.29, 0.717) is 11.4 Å². The number of hydrogen-bond acceptors (Lipinski definition) is 6. The standard InChI is InChI=1S/C21H23N3O2S2/c1-15-19(28-21(23-15)16-6-3-2-4-7-16)20(25)22-14-17(18-8-5-13-27-18)24-9-11-26-12-10-24/h2-8,13,17H,9-12,14H2,1H3,(H,22,25)/t17-/m0/s1. The molecule has 3 aromatic rings. The zero-order chi connectivity index (χ0) is 19.3. The molecule has 146 valence electrons. The molecule has 0 saturated carbocycles. The van der Waals surface area contributed by atoms with Gasteiger partial charge in [0.15, 0.2) is 0 Å². The molecule has 1 aliphatic rings. The molecule has 28 heavy (non-hydrogen) atoms. The summed E-state index contributed by atoms with van der Waals surface area (Å²) in [7, 11) is 0. The molecule has 2 aromatic heterocycles. The lowest BCUT2D eigenvalue weighted by molar-refractivity contribution is 0.0169. The minimum atomic E-state index is -0.0491. The van der Waals surface area contributed by atoms with Crippen LogP contribution in [0.1, 0.15) is 26.3 Å². The summed E-state index contributed by atoms with van der Waals surface area (Å²) in [5.74, 6) is -0.0491. The van der Waals surface area contributed by atoms with Gasteiger partial charge in [-0.2, -0.15) is 0 Å². The van der Waals surface area contributed by atoms with Crippen LogP contribution in [0.3, 0.4) is 0 Å². The highest BCUT2D eigenvalue weighted by molar-refractivity contribution is 7.17. The first-order valence-corrected chi connectivity index (χ1v) is 11.1. The van der Waals surface area contributed by atoms with E-state index in [9.17, 15) is 4.79 Å². The highest BCUT2D eigenvalue weighted by Crippen LogP contribution is 2.29. The predicted octanol–water partition coefficient (Wildman–Crippen LogP) is 3.98. The van der Waals surface area contributed by atoms with Crippen LogP contribution in [0.4, 0.5) is 0 Å². The van der Waals surface area contributed by atoms with E-state index in [1.165, 1.54) is 16.2 Å². The van der Waals surface area contributed by atoms with Crippen molar-refractivity contribution in [1.29, 1.82) is 0 Å². The van der Waals surface area contributed by atoms with Gasteiger partial charge in [0.25, 0.3) is 5.91 Å². The van der Waals surface area contributed by atoms with Crippen LogP contribution in [0.25, 0.3) is 10.6 Å². The summed E-state index contributed by atoms with van der Waals surface area (Å²) >= 11 is 3.18. The zero-order valence-electron chi connectivity index (χ0n) is 15.8. The first kappa shape index (κ1) is 19.3. The Balaban J connectivity index is 1.47. The van der Waals surface area contributed by atoms with Crippen LogP contribution in [-0.2, 0) is 4.74 Å². The third-order valence-electron chi connectivity index (χ3n) is 4.84. The molecule has 0 aliphatic carbocycles. The fourth-order valence-corrected chi connectivity index (χ4v) is 5.21. The summed E-state index contributed by atoms with van der Waals surface area (Å²) in [6.07, 6.45) is 0. The monoisotopic (exact) mass is 413 g/mol. The predicted molar refractivity (Wildman–Crippen MR) is 114 cm³/mol. The number of aryl methyl sites for hydroxylation is 1. The third kappa shape index (κ3) is 4.33. The van der Waals surface area contributed by atoms with E-state index < -0.39 is 0 Å². The molecule has 0 bridgehead atoms. The maximum Gasteiger partial charge on any atom is 0.263 e. The molecule has 1 aliphatic heterocycles. The van der Waals surface area contributed by atoms with Crippen LogP contribution in [0.5, 0.6) is 0 Å². The van der Waals surface area contributed by atoms with E-state index in [4.69, 9.17) is 4.74 Å².